The van der Waals surface area contributed by atoms with Crippen LogP contribution in [0.2, 0.25) is 0 Å². The molecule has 4 aromatic rings. The van der Waals surface area contributed by atoms with Crippen LogP contribution < -0.4 is 15.4 Å². The highest BCUT2D eigenvalue weighted by atomic mass is 19.1. The maximum Gasteiger partial charge on any atom is 0.258 e. The number of piperazine rings is 1. The molecule has 0 amide bonds. The number of H-pyrrole nitrogens is 1. The van der Waals surface area contributed by atoms with Crippen LogP contribution in [0.1, 0.15) is 54.7 Å². The van der Waals surface area contributed by atoms with Gasteiger partial charge in [-0.05, 0) is 77.5 Å². The Kier molecular flexibility index (Phi) is 6.00. The van der Waals surface area contributed by atoms with Gasteiger partial charge in [0.25, 0.3) is 5.56 Å². The summed E-state index contributed by atoms with van der Waals surface area (Å²) < 4.78 is 15.4. The monoisotopic (exact) mass is 488 g/mol. The van der Waals surface area contributed by atoms with Crippen LogP contribution in [0, 0.1) is 12.7 Å². The summed E-state index contributed by atoms with van der Waals surface area (Å²) in [5.41, 5.74) is 3.57. The number of aromatic nitrogens is 5. The molecule has 2 fully saturated rings. The van der Waals surface area contributed by atoms with E-state index in [9.17, 15) is 9.18 Å². The second-order valence-corrected chi connectivity index (χ2v) is 10.1. The predicted octanol–water partition coefficient (Wildman–Crippen LogP) is 2.57. The zero-order valence-electron chi connectivity index (χ0n) is 20.5. The van der Waals surface area contributed by atoms with Gasteiger partial charge in [-0.25, -0.2) is 9.07 Å². The first-order chi connectivity index (χ1) is 17.6. The molecule has 6 rings (SSSR count). The van der Waals surface area contributed by atoms with E-state index < -0.39 is 0 Å². The minimum Gasteiger partial charge on any atom is -0.360 e. The predicted molar refractivity (Wildman–Crippen MR) is 136 cm³/mol. The van der Waals surface area contributed by atoms with Crippen molar-refractivity contribution in [2.75, 3.05) is 31.1 Å². The first kappa shape index (κ1) is 22.8. The molecule has 9 heteroatoms. The highest BCUT2D eigenvalue weighted by Crippen LogP contribution is 2.31. The Hall–Kier alpha value is -3.59. The van der Waals surface area contributed by atoms with Crippen LogP contribution in [0.5, 0.6) is 0 Å². The summed E-state index contributed by atoms with van der Waals surface area (Å²) in [4.78, 5) is 20.1. The Labute approximate surface area is 208 Å². The van der Waals surface area contributed by atoms with E-state index in [1.165, 1.54) is 29.9 Å². The zero-order chi connectivity index (χ0) is 24.6. The van der Waals surface area contributed by atoms with Gasteiger partial charge in [-0.3, -0.25) is 4.79 Å². The first-order valence-electron chi connectivity index (χ1n) is 12.8. The molecule has 186 valence electrons. The summed E-state index contributed by atoms with van der Waals surface area (Å²) in [5.74, 6) is 0.539. The number of tetrazole rings is 1. The van der Waals surface area contributed by atoms with E-state index in [-0.39, 0.29) is 23.5 Å². The summed E-state index contributed by atoms with van der Waals surface area (Å²) in [6.45, 7) is 5.24. The van der Waals surface area contributed by atoms with Crippen LogP contribution in [0.4, 0.5) is 10.1 Å². The quantitative estimate of drug-likeness (QED) is 0.451. The minimum atomic E-state index is -0.273. The number of aryl methyl sites for hydroxylation is 1. The number of aromatic amines is 1. The number of nitrogens with one attached hydrogen (secondary N) is 2. The number of fused-ring (bicyclic) bond motifs is 1. The van der Waals surface area contributed by atoms with E-state index in [1.807, 2.05) is 35.9 Å². The third kappa shape index (κ3) is 4.28. The van der Waals surface area contributed by atoms with Gasteiger partial charge >= 0.3 is 0 Å². The minimum absolute atomic E-state index is 0.0902. The Bertz CT molecular complexity index is 1420. The van der Waals surface area contributed by atoms with Crippen molar-refractivity contribution in [1.29, 1.82) is 0 Å². The van der Waals surface area contributed by atoms with Gasteiger partial charge in [0.1, 0.15) is 5.82 Å². The Morgan fingerprint density at radius 2 is 1.81 bits per heavy atom. The number of anilines is 1. The van der Waals surface area contributed by atoms with E-state index in [1.54, 1.807) is 0 Å². The molecule has 0 spiro atoms. The number of quaternary nitrogens is 1. The van der Waals surface area contributed by atoms with Crippen LogP contribution in [0.25, 0.3) is 10.9 Å². The molecule has 0 unspecified atom stereocenters. The highest BCUT2D eigenvalue weighted by molar-refractivity contribution is 5.79. The number of hydrogen-bond acceptors (Lipinski definition) is 5. The Balaban J connectivity index is 1.38. The lowest BCUT2D eigenvalue weighted by Crippen LogP contribution is -3.15. The van der Waals surface area contributed by atoms with Gasteiger partial charge in [-0.2, -0.15) is 0 Å². The molecule has 36 heavy (non-hydrogen) atoms. The summed E-state index contributed by atoms with van der Waals surface area (Å²) in [5, 5.41) is 14.0. The van der Waals surface area contributed by atoms with Crippen molar-refractivity contribution in [1.82, 2.24) is 25.2 Å². The van der Waals surface area contributed by atoms with Crippen molar-refractivity contribution in [3.8, 4) is 0 Å². The van der Waals surface area contributed by atoms with Crippen molar-refractivity contribution < 1.29 is 9.29 Å². The van der Waals surface area contributed by atoms with Crippen molar-refractivity contribution in [3.63, 3.8) is 0 Å². The van der Waals surface area contributed by atoms with Crippen LogP contribution in [-0.2, 0) is 0 Å². The fraction of sp³-hybridized carbons (Fsp3) is 0.407. The molecule has 2 aromatic carbocycles. The molecule has 1 atom stereocenters. The topological polar surface area (TPSA) is 84.1 Å². The fourth-order valence-electron chi connectivity index (χ4n) is 5.88. The van der Waals surface area contributed by atoms with E-state index in [0.717, 1.165) is 67.0 Å². The summed E-state index contributed by atoms with van der Waals surface area (Å²) in [6, 6.07) is 14.8. The summed E-state index contributed by atoms with van der Waals surface area (Å²) in [6.07, 6.45) is 4.47. The number of halogens is 1. The molecule has 2 N–H and O–H groups in total. The van der Waals surface area contributed by atoms with Crippen LogP contribution in [0.15, 0.2) is 53.3 Å². The maximum atomic E-state index is 13.5. The van der Waals surface area contributed by atoms with Gasteiger partial charge in [0.2, 0.25) is 5.82 Å². The molecule has 3 heterocycles. The maximum absolute atomic E-state index is 13.5. The molecule has 0 bridgehead atoms. The SMILES string of the molecule is Cc1ccc2cc([C@@H](c3nnnn3C3CCCC3)[NH+]3CCN(c4ccc(F)cc4)CC3)c(=O)[nH]c2c1. The molecule has 1 aliphatic carbocycles. The molecule has 1 saturated carbocycles. The van der Waals surface area contributed by atoms with Gasteiger partial charge in [-0.15, -0.1) is 5.10 Å². The number of benzene rings is 2. The average molecular weight is 489 g/mol. The Morgan fingerprint density at radius 3 is 2.56 bits per heavy atom. The highest BCUT2D eigenvalue weighted by Gasteiger charge is 2.37. The van der Waals surface area contributed by atoms with Crippen molar-refractivity contribution in [2.24, 2.45) is 0 Å². The lowest BCUT2D eigenvalue weighted by molar-refractivity contribution is -0.927. The van der Waals surface area contributed by atoms with E-state index in [0.29, 0.717) is 5.56 Å². The van der Waals surface area contributed by atoms with Crippen molar-refractivity contribution >= 4 is 16.6 Å². The standard InChI is InChI=1S/C27H30FN7O/c1-18-6-7-19-17-23(27(36)29-24(19)16-18)25(26-30-31-32-35(26)22-4-2-3-5-22)34-14-12-33(13-15-34)21-10-8-20(28)9-11-21/h6-11,16-17,22,25H,2-5,12-15H2,1H3,(H,29,36)/p+1/t25-/m0/s1. The molecular formula is C27H31FN7O+. The van der Waals surface area contributed by atoms with Gasteiger partial charge in [0.15, 0.2) is 6.04 Å². The number of pyridine rings is 1. The third-order valence-corrected chi connectivity index (χ3v) is 7.79. The molecule has 0 radical (unpaired) electrons. The summed E-state index contributed by atoms with van der Waals surface area (Å²) >= 11 is 0. The van der Waals surface area contributed by atoms with E-state index in [2.05, 4.69) is 37.5 Å². The molecule has 1 saturated heterocycles. The van der Waals surface area contributed by atoms with Crippen LogP contribution >= 0.6 is 0 Å². The zero-order valence-corrected chi connectivity index (χ0v) is 20.5. The third-order valence-electron chi connectivity index (χ3n) is 7.79. The first-order valence-corrected chi connectivity index (χ1v) is 12.8. The van der Waals surface area contributed by atoms with E-state index in [4.69, 9.17) is 0 Å². The van der Waals surface area contributed by atoms with Gasteiger partial charge in [-0.1, -0.05) is 25.0 Å². The van der Waals surface area contributed by atoms with Crippen molar-refractivity contribution in [3.05, 3.63) is 81.7 Å². The smallest absolute Gasteiger partial charge is 0.258 e. The fourth-order valence-corrected chi connectivity index (χ4v) is 5.88. The summed E-state index contributed by atoms with van der Waals surface area (Å²) in [7, 11) is 0. The van der Waals surface area contributed by atoms with Gasteiger partial charge in [0.05, 0.1) is 37.8 Å². The largest absolute Gasteiger partial charge is 0.360 e. The molecule has 2 aromatic heterocycles. The lowest BCUT2D eigenvalue weighted by Gasteiger charge is -2.37. The molecule has 1 aliphatic heterocycles. The Morgan fingerprint density at radius 1 is 1.06 bits per heavy atom. The van der Waals surface area contributed by atoms with Crippen LogP contribution in [-0.4, -0.2) is 51.4 Å². The van der Waals surface area contributed by atoms with Gasteiger partial charge in [0, 0.05) is 11.2 Å². The molecular weight excluding hydrogens is 457 g/mol. The van der Waals surface area contributed by atoms with Crippen LogP contribution in [0.3, 0.4) is 0 Å². The number of hydrogen-bond donors (Lipinski definition) is 2. The second-order valence-electron chi connectivity index (χ2n) is 10.1. The average Bonchev–Trinajstić information content (AvgIpc) is 3.58. The number of rotatable bonds is 5. The van der Waals surface area contributed by atoms with E-state index >= 15 is 0 Å². The number of nitrogens with zero attached hydrogens (tertiary/aromatic N) is 5. The molecule has 8 nitrogen and oxygen atoms in total. The normalized spacial score (nSPS) is 18.2. The lowest BCUT2D eigenvalue weighted by atomic mass is 10.0. The van der Waals surface area contributed by atoms with Crippen molar-refractivity contribution in [2.45, 2.75) is 44.7 Å². The second kappa shape index (κ2) is 9.46. The van der Waals surface area contributed by atoms with Gasteiger partial charge < -0.3 is 14.8 Å². The molecule has 2 aliphatic rings.